The smallest absolute Gasteiger partial charge is 0.329 e. The summed E-state index contributed by atoms with van der Waals surface area (Å²) in [5.74, 6) is -0.0312. The molecule has 4 aromatic rings. The maximum Gasteiger partial charge on any atom is 0.329 e. The Labute approximate surface area is 304 Å². The van der Waals surface area contributed by atoms with Gasteiger partial charge in [-0.3, -0.25) is 24.5 Å². The first-order valence-electron chi connectivity index (χ1n) is 18.5. The van der Waals surface area contributed by atoms with E-state index >= 15 is 8.78 Å². The molecule has 16 heteroatoms. The minimum Gasteiger partial charge on any atom is -0.493 e. The van der Waals surface area contributed by atoms with Crippen molar-refractivity contribution in [3.8, 4) is 5.75 Å². The van der Waals surface area contributed by atoms with Crippen molar-refractivity contribution in [2.45, 2.75) is 63.7 Å². The molecule has 0 bridgehead atoms. The van der Waals surface area contributed by atoms with Gasteiger partial charge in [0.2, 0.25) is 5.91 Å². The van der Waals surface area contributed by atoms with Crippen LogP contribution in [0.2, 0.25) is 0 Å². The van der Waals surface area contributed by atoms with E-state index in [0.29, 0.717) is 78.9 Å². The second-order valence-corrected chi connectivity index (χ2v) is 14.4. The first-order chi connectivity index (χ1) is 25.7. The van der Waals surface area contributed by atoms with E-state index in [1.165, 1.54) is 15.6 Å². The first kappa shape index (κ1) is 35.4. The molecule has 2 N–H and O–H groups in total. The molecule has 282 valence electrons. The number of hydrogen-bond donors (Lipinski definition) is 2. The molecule has 6 heterocycles. The highest BCUT2D eigenvalue weighted by Crippen LogP contribution is 2.35. The molecule has 3 amide bonds. The highest BCUT2D eigenvalue weighted by Gasteiger charge is 2.32. The number of carbonyl (C=O) groups excluding carboxylic acids is 2. The molecule has 2 aromatic heterocycles. The van der Waals surface area contributed by atoms with E-state index in [1.807, 2.05) is 6.07 Å². The van der Waals surface area contributed by atoms with Gasteiger partial charge in [-0.25, -0.2) is 18.6 Å². The lowest BCUT2D eigenvalue weighted by atomic mass is 9.94. The standard InChI is InChI=1S/C37H44F2N8O6/c1-44-34-26(35(43-44)47-15-8-31(48)42-37(47)50)2-3-29(33(34)39)46-13-6-23(7-14-46)45-11-4-22(5-12-45)20-52-25-18-27(38)32-28(19-25)40-30(41-36(32)49)21-53-24-9-16-51-17-10-24/h2-3,18-19,22-24H,4-17,20-21H2,1H3,(H,40,41,49)(H,42,48,50). The van der Waals surface area contributed by atoms with Gasteiger partial charge in [0, 0.05) is 69.9 Å². The Balaban J connectivity index is 0.837. The third kappa shape index (κ3) is 7.31. The Morgan fingerprint density at radius 3 is 2.49 bits per heavy atom. The predicted octanol–water partition coefficient (Wildman–Crippen LogP) is 3.99. The molecule has 4 saturated heterocycles. The predicted molar refractivity (Wildman–Crippen MR) is 192 cm³/mol. The molecule has 0 atom stereocenters. The largest absolute Gasteiger partial charge is 0.493 e. The zero-order valence-corrected chi connectivity index (χ0v) is 29.7. The van der Waals surface area contributed by atoms with E-state index < -0.39 is 17.4 Å². The van der Waals surface area contributed by atoms with Crippen LogP contribution in [0, 0.1) is 17.6 Å². The van der Waals surface area contributed by atoms with Crippen LogP contribution >= 0.6 is 0 Å². The first-order valence-corrected chi connectivity index (χ1v) is 18.5. The number of likely N-dealkylation sites (tertiary alicyclic amines) is 1. The number of aromatic amines is 1. The number of aryl methyl sites for hydroxylation is 1. The maximum atomic E-state index is 16.0. The Hall–Kier alpha value is -4.67. The highest BCUT2D eigenvalue weighted by molar-refractivity contribution is 6.09. The van der Waals surface area contributed by atoms with Gasteiger partial charge in [0.05, 0.1) is 23.9 Å². The van der Waals surface area contributed by atoms with Crippen molar-refractivity contribution in [2.75, 3.05) is 62.3 Å². The molecule has 0 aliphatic carbocycles. The van der Waals surface area contributed by atoms with Crippen LogP contribution in [-0.4, -0.2) is 101 Å². The fourth-order valence-corrected chi connectivity index (χ4v) is 8.12. The van der Waals surface area contributed by atoms with E-state index in [-0.39, 0.29) is 48.3 Å². The molecule has 0 saturated carbocycles. The van der Waals surface area contributed by atoms with Crippen LogP contribution in [0.25, 0.3) is 21.8 Å². The Morgan fingerprint density at radius 2 is 1.74 bits per heavy atom. The number of imide groups is 1. The summed E-state index contributed by atoms with van der Waals surface area (Å²) < 4.78 is 49.9. The number of fused-ring (bicyclic) bond motifs is 2. The highest BCUT2D eigenvalue weighted by atomic mass is 19.1. The fraction of sp³-hybridized carbons (Fsp3) is 0.541. The average molecular weight is 735 g/mol. The molecule has 4 fully saturated rings. The maximum absolute atomic E-state index is 16.0. The van der Waals surface area contributed by atoms with Crippen molar-refractivity contribution < 1.29 is 32.6 Å². The van der Waals surface area contributed by atoms with E-state index in [4.69, 9.17) is 14.2 Å². The molecule has 8 rings (SSSR count). The molecular weight excluding hydrogens is 690 g/mol. The van der Waals surface area contributed by atoms with Crippen molar-refractivity contribution in [2.24, 2.45) is 13.0 Å². The zero-order valence-electron chi connectivity index (χ0n) is 29.7. The molecule has 4 aliphatic rings. The number of H-pyrrole nitrogens is 1. The van der Waals surface area contributed by atoms with Gasteiger partial charge >= 0.3 is 6.03 Å². The lowest BCUT2D eigenvalue weighted by Crippen LogP contribution is -2.49. The zero-order chi connectivity index (χ0) is 36.6. The lowest BCUT2D eigenvalue weighted by Gasteiger charge is -2.42. The van der Waals surface area contributed by atoms with Crippen molar-refractivity contribution >= 4 is 45.2 Å². The van der Waals surface area contributed by atoms with Gasteiger partial charge in [0.15, 0.2) is 11.6 Å². The minimum atomic E-state index is -0.667. The summed E-state index contributed by atoms with van der Waals surface area (Å²) in [6, 6.07) is 6.29. The van der Waals surface area contributed by atoms with Gasteiger partial charge in [-0.2, -0.15) is 5.10 Å². The molecule has 53 heavy (non-hydrogen) atoms. The summed E-state index contributed by atoms with van der Waals surface area (Å²) in [6.07, 6.45) is 5.46. The van der Waals surface area contributed by atoms with Crippen molar-refractivity contribution in [1.82, 2.24) is 30.0 Å². The van der Waals surface area contributed by atoms with Gasteiger partial charge in [0.25, 0.3) is 5.56 Å². The van der Waals surface area contributed by atoms with Crippen LogP contribution in [0.4, 0.5) is 25.1 Å². The van der Waals surface area contributed by atoms with Crippen molar-refractivity contribution in [3.63, 3.8) is 0 Å². The van der Waals surface area contributed by atoms with Crippen LogP contribution in [0.3, 0.4) is 0 Å². The summed E-state index contributed by atoms with van der Waals surface area (Å²) in [7, 11) is 1.66. The molecule has 2 aromatic carbocycles. The Morgan fingerprint density at radius 1 is 0.962 bits per heavy atom. The quantitative estimate of drug-likeness (QED) is 0.259. The average Bonchev–Trinajstić information content (AvgIpc) is 3.50. The number of nitrogens with zero attached hydrogens (tertiary/aromatic N) is 6. The molecule has 0 unspecified atom stereocenters. The van der Waals surface area contributed by atoms with Crippen LogP contribution in [0.5, 0.6) is 5.75 Å². The number of ether oxygens (including phenoxy) is 3. The number of hydrogen-bond acceptors (Lipinski definition) is 10. The van der Waals surface area contributed by atoms with Crippen molar-refractivity contribution in [1.29, 1.82) is 0 Å². The number of amides is 3. The van der Waals surface area contributed by atoms with Crippen LogP contribution in [-0.2, 0) is 27.9 Å². The van der Waals surface area contributed by atoms with Gasteiger partial charge in [-0.05, 0) is 69.7 Å². The third-order valence-electron chi connectivity index (χ3n) is 11.1. The van der Waals surface area contributed by atoms with Gasteiger partial charge in [-0.15, -0.1) is 0 Å². The number of halogens is 2. The van der Waals surface area contributed by atoms with Crippen LogP contribution in [0.15, 0.2) is 29.1 Å². The summed E-state index contributed by atoms with van der Waals surface area (Å²) >= 11 is 0. The van der Waals surface area contributed by atoms with Crippen LogP contribution < -0.4 is 25.4 Å². The Bertz CT molecular complexity index is 2070. The van der Waals surface area contributed by atoms with Gasteiger partial charge in [0.1, 0.15) is 34.9 Å². The fourth-order valence-electron chi connectivity index (χ4n) is 8.12. The number of anilines is 2. The Kier molecular flexibility index (Phi) is 10.0. The number of piperidine rings is 2. The van der Waals surface area contributed by atoms with E-state index in [9.17, 15) is 14.4 Å². The minimum absolute atomic E-state index is 0.0391. The SMILES string of the molecule is Cn1nc(N2CCC(=O)NC2=O)c2ccc(N3CCC(N4CCC(COc5cc(F)c6c(=O)[nH]c(COC7CCOCC7)nc6c5)CC4)CC3)c(F)c21. The number of nitrogens with one attached hydrogen (secondary N) is 2. The topological polar surface area (TPSA) is 147 Å². The van der Waals surface area contributed by atoms with Crippen molar-refractivity contribution in [3.05, 3.63) is 52.1 Å². The molecular formula is C37H44F2N8O6. The van der Waals surface area contributed by atoms with E-state index in [1.54, 1.807) is 19.2 Å². The number of aromatic nitrogens is 4. The van der Waals surface area contributed by atoms with Gasteiger partial charge in [-0.1, -0.05) is 0 Å². The number of carbonyl (C=O) groups is 2. The summed E-state index contributed by atoms with van der Waals surface area (Å²) in [6.45, 7) is 5.32. The monoisotopic (exact) mass is 734 g/mol. The second kappa shape index (κ2) is 15.0. The van der Waals surface area contributed by atoms with E-state index in [2.05, 4.69) is 30.2 Å². The summed E-state index contributed by atoms with van der Waals surface area (Å²) in [5, 5.41) is 7.18. The second-order valence-electron chi connectivity index (χ2n) is 14.4. The third-order valence-corrected chi connectivity index (χ3v) is 11.1. The van der Waals surface area contributed by atoms with Gasteiger partial charge < -0.3 is 29.0 Å². The number of benzene rings is 2. The summed E-state index contributed by atoms with van der Waals surface area (Å²) in [4.78, 5) is 49.9. The molecule has 4 aliphatic heterocycles. The normalized spacial score (nSPS) is 20.1. The lowest BCUT2D eigenvalue weighted by molar-refractivity contribution is -0.120. The summed E-state index contributed by atoms with van der Waals surface area (Å²) in [5.41, 5.74) is 0.543. The molecule has 14 nitrogen and oxygen atoms in total. The molecule has 0 radical (unpaired) electrons. The molecule has 0 spiro atoms. The number of rotatable bonds is 9. The number of urea groups is 1. The van der Waals surface area contributed by atoms with Crippen LogP contribution in [0.1, 0.15) is 50.8 Å². The van der Waals surface area contributed by atoms with E-state index in [0.717, 1.165) is 51.6 Å².